The van der Waals surface area contributed by atoms with E-state index in [1.54, 1.807) is 18.9 Å². The Labute approximate surface area is 93.7 Å². The van der Waals surface area contributed by atoms with Crippen LogP contribution in [0.1, 0.15) is 0 Å². The first-order valence-electron chi connectivity index (χ1n) is 4.88. The van der Waals surface area contributed by atoms with E-state index in [-0.39, 0.29) is 6.29 Å². The molecule has 0 aromatic heterocycles. The second-order valence-electron chi connectivity index (χ2n) is 3.16. The molecule has 0 unspecified atom stereocenters. The van der Waals surface area contributed by atoms with Gasteiger partial charge in [-0.3, -0.25) is 0 Å². The summed E-state index contributed by atoms with van der Waals surface area (Å²) in [4.78, 5) is 1.20. The first kappa shape index (κ1) is 10.8. The number of hydrogen-bond acceptors (Lipinski definition) is 4. The number of benzene rings is 1. The van der Waals surface area contributed by atoms with Crippen molar-refractivity contribution in [3.63, 3.8) is 0 Å². The van der Waals surface area contributed by atoms with E-state index < -0.39 is 0 Å². The molecule has 1 aliphatic heterocycles. The maximum atomic E-state index is 5.35. The van der Waals surface area contributed by atoms with Gasteiger partial charge in [0.05, 0.1) is 20.3 Å². The van der Waals surface area contributed by atoms with E-state index in [0.29, 0.717) is 13.2 Å². The lowest BCUT2D eigenvalue weighted by Crippen LogP contribution is -2.10. The Kier molecular flexibility index (Phi) is 3.88. The van der Waals surface area contributed by atoms with Gasteiger partial charge in [0.15, 0.2) is 6.29 Å². The van der Waals surface area contributed by atoms with Gasteiger partial charge in [0.1, 0.15) is 5.75 Å². The zero-order valence-corrected chi connectivity index (χ0v) is 9.46. The van der Waals surface area contributed by atoms with Gasteiger partial charge in [-0.2, -0.15) is 0 Å². The number of rotatable bonds is 4. The molecule has 0 radical (unpaired) electrons. The van der Waals surface area contributed by atoms with Crippen molar-refractivity contribution >= 4 is 11.8 Å². The molecule has 1 saturated heterocycles. The summed E-state index contributed by atoms with van der Waals surface area (Å²) in [5.74, 6) is 1.72. The van der Waals surface area contributed by atoms with Crippen LogP contribution in [0, 0.1) is 0 Å². The summed E-state index contributed by atoms with van der Waals surface area (Å²) < 4.78 is 15.8. The Morgan fingerprint density at radius 3 is 2.53 bits per heavy atom. The Balaban J connectivity index is 1.82. The molecular weight excluding hydrogens is 212 g/mol. The summed E-state index contributed by atoms with van der Waals surface area (Å²) in [7, 11) is 1.67. The lowest BCUT2D eigenvalue weighted by Gasteiger charge is -2.08. The average Bonchev–Trinajstić information content (AvgIpc) is 2.80. The fourth-order valence-corrected chi connectivity index (χ4v) is 2.19. The molecular formula is C11H14O3S. The van der Waals surface area contributed by atoms with Crippen molar-refractivity contribution < 1.29 is 14.2 Å². The van der Waals surface area contributed by atoms with Crippen molar-refractivity contribution in [3.8, 4) is 5.75 Å². The second kappa shape index (κ2) is 5.39. The van der Waals surface area contributed by atoms with Crippen LogP contribution in [-0.4, -0.2) is 32.4 Å². The van der Waals surface area contributed by atoms with Gasteiger partial charge in [0.2, 0.25) is 0 Å². The molecule has 1 aromatic rings. The van der Waals surface area contributed by atoms with Crippen LogP contribution >= 0.6 is 11.8 Å². The fourth-order valence-electron chi connectivity index (χ4n) is 1.34. The minimum atomic E-state index is -0.0444. The lowest BCUT2D eigenvalue weighted by atomic mass is 10.3. The Bertz CT molecular complexity index is 293. The highest BCUT2D eigenvalue weighted by Crippen LogP contribution is 2.23. The smallest absolute Gasteiger partial charge is 0.167 e. The molecule has 2 rings (SSSR count). The van der Waals surface area contributed by atoms with Crippen molar-refractivity contribution in [1.82, 2.24) is 0 Å². The van der Waals surface area contributed by atoms with Crippen LogP contribution in [0.3, 0.4) is 0 Å². The minimum Gasteiger partial charge on any atom is -0.497 e. The molecule has 1 heterocycles. The van der Waals surface area contributed by atoms with Crippen molar-refractivity contribution in [2.45, 2.75) is 11.2 Å². The standard InChI is InChI=1S/C11H14O3S/c1-12-9-2-4-10(5-3-9)15-8-11-13-6-7-14-11/h2-5,11H,6-8H2,1H3. The third-order valence-electron chi connectivity index (χ3n) is 2.14. The topological polar surface area (TPSA) is 27.7 Å². The minimum absolute atomic E-state index is 0.0444. The van der Waals surface area contributed by atoms with Gasteiger partial charge in [-0.15, -0.1) is 11.8 Å². The van der Waals surface area contributed by atoms with Gasteiger partial charge in [-0.25, -0.2) is 0 Å². The normalized spacial score (nSPS) is 16.9. The van der Waals surface area contributed by atoms with E-state index in [4.69, 9.17) is 14.2 Å². The lowest BCUT2D eigenvalue weighted by molar-refractivity contribution is -0.0214. The van der Waals surface area contributed by atoms with E-state index in [2.05, 4.69) is 0 Å². The van der Waals surface area contributed by atoms with Crippen molar-refractivity contribution in [2.24, 2.45) is 0 Å². The molecule has 0 bridgehead atoms. The van der Waals surface area contributed by atoms with Gasteiger partial charge in [0.25, 0.3) is 0 Å². The molecule has 4 heteroatoms. The van der Waals surface area contributed by atoms with Gasteiger partial charge in [-0.05, 0) is 24.3 Å². The van der Waals surface area contributed by atoms with Crippen LogP contribution < -0.4 is 4.74 Å². The van der Waals surface area contributed by atoms with Crippen LogP contribution in [-0.2, 0) is 9.47 Å². The quantitative estimate of drug-likeness (QED) is 0.735. The molecule has 1 fully saturated rings. The van der Waals surface area contributed by atoms with Crippen LogP contribution in [0.2, 0.25) is 0 Å². The Morgan fingerprint density at radius 2 is 1.93 bits per heavy atom. The van der Waals surface area contributed by atoms with Gasteiger partial charge in [-0.1, -0.05) is 0 Å². The summed E-state index contributed by atoms with van der Waals surface area (Å²) in [6.45, 7) is 1.43. The van der Waals surface area contributed by atoms with Crippen molar-refractivity contribution in [3.05, 3.63) is 24.3 Å². The molecule has 0 saturated carbocycles. The maximum absolute atomic E-state index is 5.35. The third kappa shape index (κ3) is 3.12. The van der Waals surface area contributed by atoms with Crippen molar-refractivity contribution in [2.75, 3.05) is 26.1 Å². The number of ether oxygens (including phenoxy) is 3. The largest absolute Gasteiger partial charge is 0.497 e. The number of thioether (sulfide) groups is 1. The summed E-state index contributed by atoms with van der Waals surface area (Å²) in [5, 5.41) is 0. The molecule has 15 heavy (non-hydrogen) atoms. The fraction of sp³-hybridized carbons (Fsp3) is 0.455. The molecule has 1 aromatic carbocycles. The van der Waals surface area contributed by atoms with Crippen LogP contribution in [0.4, 0.5) is 0 Å². The monoisotopic (exact) mass is 226 g/mol. The zero-order chi connectivity index (χ0) is 10.5. The van der Waals surface area contributed by atoms with E-state index in [9.17, 15) is 0 Å². The second-order valence-corrected chi connectivity index (χ2v) is 4.25. The molecule has 1 aliphatic rings. The molecule has 0 spiro atoms. The van der Waals surface area contributed by atoms with Gasteiger partial charge >= 0.3 is 0 Å². The zero-order valence-electron chi connectivity index (χ0n) is 8.64. The summed E-state index contributed by atoms with van der Waals surface area (Å²) in [5.41, 5.74) is 0. The van der Waals surface area contributed by atoms with Crippen LogP contribution in [0.25, 0.3) is 0 Å². The molecule has 0 N–H and O–H groups in total. The third-order valence-corrected chi connectivity index (χ3v) is 3.18. The van der Waals surface area contributed by atoms with Crippen LogP contribution in [0.15, 0.2) is 29.2 Å². The maximum Gasteiger partial charge on any atom is 0.167 e. The SMILES string of the molecule is COc1ccc(SCC2OCCO2)cc1. The summed E-state index contributed by atoms with van der Waals surface area (Å²) in [6.07, 6.45) is -0.0444. The Hall–Kier alpha value is -0.710. The average molecular weight is 226 g/mol. The van der Waals surface area contributed by atoms with E-state index in [1.807, 2.05) is 24.3 Å². The van der Waals surface area contributed by atoms with Crippen molar-refractivity contribution in [1.29, 1.82) is 0 Å². The van der Waals surface area contributed by atoms with E-state index in [0.717, 1.165) is 11.5 Å². The Morgan fingerprint density at radius 1 is 1.27 bits per heavy atom. The van der Waals surface area contributed by atoms with Crippen LogP contribution in [0.5, 0.6) is 5.75 Å². The molecule has 82 valence electrons. The van der Waals surface area contributed by atoms with Gasteiger partial charge in [0, 0.05) is 10.6 Å². The molecule has 0 aliphatic carbocycles. The predicted octanol–water partition coefficient (Wildman–Crippen LogP) is 2.16. The molecule has 3 nitrogen and oxygen atoms in total. The van der Waals surface area contributed by atoms with Gasteiger partial charge < -0.3 is 14.2 Å². The molecule has 0 amide bonds. The van der Waals surface area contributed by atoms with E-state index in [1.165, 1.54) is 4.90 Å². The predicted molar refractivity (Wildman–Crippen MR) is 59.4 cm³/mol. The van der Waals surface area contributed by atoms with E-state index >= 15 is 0 Å². The molecule has 0 atom stereocenters. The highest BCUT2D eigenvalue weighted by atomic mass is 32.2. The number of hydrogen-bond donors (Lipinski definition) is 0. The highest BCUT2D eigenvalue weighted by molar-refractivity contribution is 7.99. The summed E-state index contributed by atoms with van der Waals surface area (Å²) >= 11 is 1.73. The summed E-state index contributed by atoms with van der Waals surface area (Å²) in [6, 6.07) is 7.99. The first-order valence-corrected chi connectivity index (χ1v) is 5.87. The highest BCUT2D eigenvalue weighted by Gasteiger charge is 2.15. The first-order chi connectivity index (χ1) is 7.38. The number of methoxy groups -OCH3 is 1.